The van der Waals surface area contributed by atoms with Gasteiger partial charge in [-0.25, -0.2) is 9.78 Å². The molecule has 0 unspecified atom stereocenters. The van der Waals surface area contributed by atoms with E-state index in [1.807, 2.05) is 26.0 Å². The molecule has 0 saturated heterocycles. The molecule has 180 valence electrons. The molecule has 31 heavy (non-hydrogen) atoms. The Morgan fingerprint density at radius 1 is 0.581 bits per heavy atom. The third-order valence-electron chi connectivity index (χ3n) is 6.19. The van der Waals surface area contributed by atoms with E-state index in [0.29, 0.717) is 19.0 Å². The quantitative estimate of drug-likeness (QED) is 0.119. The van der Waals surface area contributed by atoms with Crippen molar-refractivity contribution in [3.63, 3.8) is 0 Å². The van der Waals surface area contributed by atoms with E-state index in [1.165, 1.54) is 102 Å². The van der Waals surface area contributed by atoms with Crippen molar-refractivity contribution in [3.05, 3.63) is 28.8 Å². The molecule has 0 spiro atoms. The second-order valence-electron chi connectivity index (χ2n) is 9.28. The standard InChI is InChI=1S/C28H50O3/c1-4-5-6-7-8-9-10-11-12-13-14-15-16-17-18-19-21-30-31-22-20-27-23-25(2)28(29)26(3)24-27/h23-24,29H,4-22H2,1-3H3. The van der Waals surface area contributed by atoms with Crippen LogP contribution in [0.4, 0.5) is 0 Å². The van der Waals surface area contributed by atoms with Gasteiger partial charge in [0.25, 0.3) is 0 Å². The van der Waals surface area contributed by atoms with Crippen molar-refractivity contribution in [1.82, 2.24) is 0 Å². The maximum atomic E-state index is 9.82. The number of rotatable bonds is 21. The maximum absolute atomic E-state index is 9.82. The number of hydrogen-bond acceptors (Lipinski definition) is 3. The number of hydrogen-bond donors (Lipinski definition) is 1. The number of aromatic hydroxyl groups is 1. The summed E-state index contributed by atoms with van der Waals surface area (Å²) >= 11 is 0. The Balaban J connectivity index is 1.77. The van der Waals surface area contributed by atoms with Gasteiger partial charge in [-0.3, -0.25) is 0 Å². The van der Waals surface area contributed by atoms with Crippen molar-refractivity contribution in [2.45, 2.75) is 130 Å². The van der Waals surface area contributed by atoms with Crippen LogP contribution in [0.5, 0.6) is 5.75 Å². The zero-order valence-electron chi connectivity index (χ0n) is 20.9. The molecule has 0 aliphatic heterocycles. The minimum atomic E-state index is 0.393. The summed E-state index contributed by atoms with van der Waals surface area (Å²) in [4.78, 5) is 10.6. The maximum Gasteiger partial charge on any atom is 0.121 e. The highest BCUT2D eigenvalue weighted by Crippen LogP contribution is 2.23. The summed E-state index contributed by atoms with van der Waals surface area (Å²) in [6.45, 7) is 7.39. The Morgan fingerprint density at radius 2 is 0.968 bits per heavy atom. The topological polar surface area (TPSA) is 38.7 Å². The molecule has 1 aromatic rings. The van der Waals surface area contributed by atoms with Gasteiger partial charge in [0.05, 0.1) is 13.2 Å². The lowest BCUT2D eigenvalue weighted by molar-refractivity contribution is -0.294. The Morgan fingerprint density at radius 3 is 1.42 bits per heavy atom. The molecule has 0 amide bonds. The van der Waals surface area contributed by atoms with Gasteiger partial charge in [0.15, 0.2) is 0 Å². The number of phenols is 1. The van der Waals surface area contributed by atoms with Crippen LogP contribution >= 0.6 is 0 Å². The van der Waals surface area contributed by atoms with E-state index in [1.54, 1.807) is 0 Å². The van der Waals surface area contributed by atoms with Crippen LogP contribution in [-0.4, -0.2) is 18.3 Å². The molecule has 0 aliphatic carbocycles. The molecule has 3 nitrogen and oxygen atoms in total. The van der Waals surface area contributed by atoms with Crippen molar-refractivity contribution in [2.24, 2.45) is 0 Å². The van der Waals surface area contributed by atoms with Gasteiger partial charge < -0.3 is 5.11 Å². The van der Waals surface area contributed by atoms with Crippen LogP contribution < -0.4 is 0 Å². The molecule has 0 fully saturated rings. The van der Waals surface area contributed by atoms with Crippen LogP contribution in [0, 0.1) is 13.8 Å². The van der Waals surface area contributed by atoms with Crippen molar-refractivity contribution in [1.29, 1.82) is 0 Å². The monoisotopic (exact) mass is 434 g/mol. The highest BCUT2D eigenvalue weighted by atomic mass is 17.2. The second kappa shape index (κ2) is 19.6. The molecule has 1 rings (SSSR count). The predicted molar refractivity (Wildman–Crippen MR) is 133 cm³/mol. The molecule has 0 aliphatic rings. The van der Waals surface area contributed by atoms with E-state index in [2.05, 4.69) is 6.92 Å². The van der Waals surface area contributed by atoms with Gasteiger partial charge >= 0.3 is 0 Å². The van der Waals surface area contributed by atoms with Crippen molar-refractivity contribution in [2.75, 3.05) is 13.2 Å². The van der Waals surface area contributed by atoms with Gasteiger partial charge in [-0.2, -0.15) is 0 Å². The number of phenolic OH excluding ortho intramolecular Hbond substituents is 1. The van der Waals surface area contributed by atoms with E-state index in [4.69, 9.17) is 9.78 Å². The summed E-state index contributed by atoms with van der Waals surface area (Å²) in [6, 6.07) is 4.03. The third-order valence-corrected chi connectivity index (χ3v) is 6.19. The molecule has 0 saturated carbocycles. The molecular weight excluding hydrogens is 384 g/mol. The highest BCUT2D eigenvalue weighted by molar-refractivity contribution is 5.42. The Labute approximate surface area is 192 Å². The Kier molecular flexibility index (Phi) is 17.7. The molecule has 0 aromatic heterocycles. The molecule has 1 aromatic carbocycles. The van der Waals surface area contributed by atoms with Crippen LogP contribution in [0.25, 0.3) is 0 Å². The van der Waals surface area contributed by atoms with E-state index in [9.17, 15) is 5.11 Å². The summed E-state index contributed by atoms with van der Waals surface area (Å²) in [5.41, 5.74) is 3.02. The van der Waals surface area contributed by atoms with Gasteiger partial charge in [0, 0.05) is 0 Å². The third kappa shape index (κ3) is 15.4. The van der Waals surface area contributed by atoms with Crippen molar-refractivity contribution >= 4 is 0 Å². The first-order chi connectivity index (χ1) is 15.1. The predicted octanol–water partition coefficient (Wildman–Crippen LogP) is 8.76. The van der Waals surface area contributed by atoms with Crippen LogP contribution in [0.1, 0.15) is 126 Å². The first-order valence-corrected chi connectivity index (χ1v) is 13.2. The number of aryl methyl sites for hydroxylation is 2. The second-order valence-corrected chi connectivity index (χ2v) is 9.28. The molecule has 0 atom stereocenters. The smallest absolute Gasteiger partial charge is 0.121 e. The van der Waals surface area contributed by atoms with Crippen LogP contribution in [0.15, 0.2) is 12.1 Å². The van der Waals surface area contributed by atoms with Gasteiger partial charge in [0.1, 0.15) is 5.75 Å². The summed E-state index contributed by atoms with van der Waals surface area (Å²) in [5.74, 6) is 0.393. The van der Waals surface area contributed by atoms with E-state index < -0.39 is 0 Å². The molecular formula is C28H50O3. The SMILES string of the molecule is CCCCCCCCCCCCCCCCCCOOCCc1cc(C)c(O)c(C)c1. The molecule has 0 radical (unpaired) electrons. The molecule has 1 N–H and O–H groups in total. The van der Waals surface area contributed by atoms with Gasteiger partial charge in [-0.1, -0.05) is 115 Å². The van der Waals surface area contributed by atoms with E-state index in [-0.39, 0.29) is 0 Å². The molecule has 0 heterocycles. The molecule has 3 heteroatoms. The van der Waals surface area contributed by atoms with Crippen molar-refractivity contribution in [3.8, 4) is 5.75 Å². The fourth-order valence-electron chi connectivity index (χ4n) is 4.18. The first-order valence-electron chi connectivity index (χ1n) is 13.2. The minimum absolute atomic E-state index is 0.393. The minimum Gasteiger partial charge on any atom is -0.507 e. The Hall–Kier alpha value is -1.06. The van der Waals surface area contributed by atoms with Crippen LogP contribution in [-0.2, 0) is 16.2 Å². The van der Waals surface area contributed by atoms with Crippen molar-refractivity contribution < 1.29 is 14.9 Å². The fourth-order valence-corrected chi connectivity index (χ4v) is 4.18. The van der Waals surface area contributed by atoms with Gasteiger partial charge in [0.2, 0.25) is 0 Å². The first kappa shape index (κ1) is 28.0. The highest BCUT2D eigenvalue weighted by Gasteiger charge is 2.03. The Bertz CT molecular complexity index is 518. The summed E-state index contributed by atoms with van der Waals surface area (Å²) in [5, 5.41) is 9.82. The van der Waals surface area contributed by atoms with Crippen LogP contribution in [0.3, 0.4) is 0 Å². The van der Waals surface area contributed by atoms with Gasteiger partial charge in [-0.05, 0) is 43.4 Å². The zero-order chi connectivity index (χ0) is 22.6. The fraction of sp³-hybridized carbons (Fsp3) is 0.786. The molecule has 0 bridgehead atoms. The largest absolute Gasteiger partial charge is 0.507 e. The lowest BCUT2D eigenvalue weighted by atomic mass is 10.0. The summed E-state index contributed by atoms with van der Waals surface area (Å²) in [7, 11) is 0. The number of benzene rings is 1. The summed E-state index contributed by atoms with van der Waals surface area (Å²) < 4.78 is 0. The summed E-state index contributed by atoms with van der Waals surface area (Å²) in [6.07, 6.45) is 22.9. The van der Waals surface area contributed by atoms with E-state index >= 15 is 0 Å². The average molecular weight is 435 g/mol. The van der Waals surface area contributed by atoms with Crippen LogP contribution in [0.2, 0.25) is 0 Å². The van der Waals surface area contributed by atoms with E-state index in [0.717, 1.165) is 24.0 Å². The van der Waals surface area contributed by atoms with Gasteiger partial charge in [-0.15, -0.1) is 0 Å². The lowest BCUT2D eigenvalue weighted by Gasteiger charge is -2.08. The number of unbranched alkanes of at least 4 members (excludes halogenated alkanes) is 15. The lowest BCUT2D eigenvalue weighted by Crippen LogP contribution is -2.02. The zero-order valence-corrected chi connectivity index (χ0v) is 20.9. The normalized spacial score (nSPS) is 11.3. The average Bonchev–Trinajstić information content (AvgIpc) is 2.76.